The minimum atomic E-state index is -0.559. The summed E-state index contributed by atoms with van der Waals surface area (Å²) in [5.41, 5.74) is 6.96. The Morgan fingerprint density at radius 2 is 2.17 bits per heavy atom. The first-order valence-corrected chi connectivity index (χ1v) is 8.20. The summed E-state index contributed by atoms with van der Waals surface area (Å²) in [4.78, 5) is 25.9. The molecule has 0 bridgehead atoms. The molecule has 0 aromatic carbocycles. The number of fused-ring (bicyclic) bond motifs is 1. The molecule has 122 valence electrons. The summed E-state index contributed by atoms with van der Waals surface area (Å²) in [6.45, 7) is 0.358. The summed E-state index contributed by atoms with van der Waals surface area (Å²) in [7, 11) is 1.44. The minimum Gasteiger partial charge on any atom is -0.434 e. The number of rotatable bonds is 5. The lowest BCUT2D eigenvalue weighted by Gasteiger charge is -2.47. The first-order chi connectivity index (χ1) is 11.1. The fourth-order valence-electron chi connectivity index (χ4n) is 2.63. The molecule has 1 unspecified atom stereocenters. The van der Waals surface area contributed by atoms with Crippen molar-refractivity contribution in [1.82, 2.24) is 4.90 Å². The normalized spacial score (nSPS) is 23.4. The topological polar surface area (TPSA) is 85.7 Å². The monoisotopic (exact) mass is 336 g/mol. The van der Waals surface area contributed by atoms with Gasteiger partial charge in [-0.1, -0.05) is 6.07 Å². The van der Waals surface area contributed by atoms with Crippen molar-refractivity contribution in [3.05, 3.63) is 41.9 Å². The average molecular weight is 336 g/mol. The van der Waals surface area contributed by atoms with Gasteiger partial charge in [0.1, 0.15) is 17.1 Å². The van der Waals surface area contributed by atoms with Gasteiger partial charge in [-0.15, -0.1) is 11.8 Å². The molecule has 8 heteroatoms. The van der Waals surface area contributed by atoms with Gasteiger partial charge in [-0.3, -0.25) is 9.69 Å². The molecule has 3 heterocycles. The van der Waals surface area contributed by atoms with Crippen LogP contribution in [0.15, 0.2) is 41.9 Å². The van der Waals surface area contributed by atoms with E-state index in [0.29, 0.717) is 18.0 Å². The lowest BCUT2D eigenvalue weighted by atomic mass is 10.0. The van der Waals surface area contributed by atoms with Gasteiger partial charge in [0.15, 0.2) is 25.7 Å². The van der Waals surface area contributed by atoms with E-state index in [4.69, 9.17) is 15.2 Å². The van der Waals surface area contributed by atoms with Crippen LogP contribution in [-0.2, 0) is 25.6 Å². The number of hydrogen-bond acceptors (Lipinski definition) is 6. The molecule has 1 amide bonds. The van der Waals surface area contributed by atoms with Crippen LogP contribution in [-0.4, -0.2) is 47.8 Å². The SMILES string of the molecule is COCOC(=O)C1=C(C[n+]2ccccc2)CS[C@@H]2C(N)C(=O)N12. The van der Waals surface area contributed by atoms with E-state index < -0.39 is 12.0 Å². The maximum Gasteiger partial charge on any atom is 0.357 e. The Bertz CT molecular complexity index is 649. The van der Waals surface area contributed by atoms with E-state index in [2.05, 4.69) is 0 Å². The van der Waals surface area contributed by atoms with Gasteiger partial charge in [-0.25, -0.2) is 9.36 Å². The number of β-lactam (4-membered cyclic amide) rings is 1. The van der Waals surface area contributed by atoms with Gasteiger partial charge in [-0.2, -0.15) is 0 Å². The highest BCUT2D eigenvalue weighted by Crippen LogP contribution is 2.39. The summed E-state index contributed by atoms with van der Waals surface area (Å²) in [5, 5.41) is -0.197. The van der Waals surface area contributed by atoms with E-state index in [9.17, 15) is 9.59 Å². The molecule has 2 atom stereocenters. The Balaban J connectivity index is 1.91. The van der Waals surface area contributed by atoms with E-state index in [-0.39, 0.29) is 18.1 Å². The first kappa shape index (κ1) is 16.0. The van der Waals surface area contributed by atoms with Crippen LogP contribution in [0.4, 0.5) is 0 Å². The highest BCUT2D eigenvalue weighted by molar-refractivity contribution is 8.00. The predicted molar refractivity (Wildman–Crippen MR) is 82.7 cm³/mol. The van der Waals surface area contributed by atoms with Crippen LogP contribution in [0.3, 0.4) is 0 Å². The number of aromatic nitrogens is 1. The van der Waals surface area contributed by atoms with Crippen LogP contribution >= 0.6 is 11.8 Å². The van der Waals surface area contributed by atoms with E-state index in [1.165, 1.54) is 12.0 Å². The van der Waals surface area contributed by atoms with Gasteiger partial charge in [0.05, 0.1) is 0 Å². The second-order valence-electron chi connectivity index (χ2n) is 5.27. The zero-order chi connectivity index (χ0) is 16.4. The Morgan fingerprint density at radius 1 is 1.43 bits per heavy atom. The lowest BCUT2D eigenvalue weighted by molar-refractivity contribution is -0.689. The maximum atomic E-state index is 12.4. The second kappa shape index (κ2) is 6.69. The van der Waals surface area contributed by atoms with Gasteiger partial charge in [0.25, 0.3) is 0 Å². The Kier molecular flexibility index (Phi) is 4.65. The first-order valence-electron chi connectivity index (χ1n) is 7.16. The third-order valence-corrected chi connectivity index (χ3v) is 5.10. The standard InChI is InChI=1S/C15H18N3O4S/c1-21-9-22-15(20)12-10(7-17-5-3-2-4-6-17)8-23-14-11(16)13(19)18(12)14/h2-6,11,14H,7-9,16H2,1H3/q+1/t11?,14-/m1/s1. The van der Waals surface area contributed by atoms with Gasteiger partial charge < -0.3 is 15.2 Å². The average Bonchev–Trinajstić information content (AvgIpc) is 2.59. The zero-order valence-electron chi connectivity index (χ0n) is 12.7. The number of methoxy groups -OCH3 is 1. The highest BCUT2D eigenvalue weighted by atomic mass is 32.2. The van der Waals surface area contributed by atoms with Crippen molar-refractivity contribution in [3.63, 3.8) is 0 Å². The Morgan fingerprint density at radius 3 is 2.87 bits per heavy atom. The van der Waals surface area contributed by atoms with E-state index in [1.807, 2.05) is 35.2 Å². The van der Waals surface area contributed by atoms with Crippen molar-refractivity contribution in [2.24, 2.45) is 5.73 Å². The lowest BCUT2D eigenvalue weighted by Crippen LogP contribution is -2.68. The van der Waals surface area contributed by atoms with Crippen LogP contribution < -0.4 is 10.3 Å². The molecule has 7 nitrogen and oxygen atoms in total. The molecule has 0 aliphatic carbocycles. The molecular formula is C15H18N3O4S+. The van der Waals surface area contributed by atoms with Crippen LogP contribution in [0.25, 0.3) is 0 Å². The molecule has 1 fully saturated rings. The van der Waals surface area contributed by atoms with Crippen LogP contribution in [0, 0.1) is 0 Å². The molecule has 2 N–H and O–H groups in total. The number of pyridine rings is 1. The summed E-state index contributed by atoms with van der Waals surface area (Å²) in [5.74, 6) is -0.173. The number of esters is 1. The second-order valence-corrected chi connectivity index (χ2v) is 6.38. The van der Waals surface area contributed by atoms with Gasteiger partial charge in [-0.05, 0) is 0 Å². The van der Waals surface area contributed by atoms with Crippen LogP contribution in [0.1, 0.15) is 0 Å². The van der Waals surface area contributed by atoms with E-state index >= 15 is 0 Å². The number of ether oxygens (including phenoxy) is 2. The summed E-state index contributed by atoms with van der Waals surface area (Å²) in [6, 6.07) is 5.18. The highest BCUT2D eigenvalue weighted by Gasteiger charge is 2.52. The summed E-state index contributed by atoms with van der Waals surface area (Å²) < 4.78 is 11.8. The smallest absolute Gasteiger partial charge is 0.357 e. The molecule has 3 rings (SSSR count). The van der Waals surface area contributed by atoms with Crippen molar-refractivity contribution in [1.29, 1.82) is 0 Å². The molecule has 1 aromatic heterocycles. The van der Waals surface area contributed by atoms with Gasteiger partial charge in [0, 0.05) is 30.6 Å². The van der Waals surface area contributed by atoms with Crippen molar-refractivity contribution >= 4 is 23.6 Å². The van der Waals surface area contributed by atoms with E-state index in [1.54, 1.807) is 11.8 Å². The third-order valence-electron chi connectivity index (χ3n) is 3.74. The zero-order valence-corrected chi connectivity index (χ0v) is 13.5. The van der Waals surface area contributed by atoms with Gasteiger partial charge in [0.2, 0.25) is 5.91 Å². The Labute approximate surface area is 138 Å². The number of carbonyl (C=O) groups is 2. The molecule has 1 aromatic rings. The quantitative estimate of drug-likeness (QED) is 0.341. The number of carbonyl (C=O) groups excluding carboxylic acids is 2. The fourth-order valence-corrected chi connectivity index (χ4v) is 3.91. The number of hydrogen-bond donors (Lipinski definition) is 1. The number of amides is 1. The number of thioether (sulfide) groups is 1. The largest absolute Gasteiger partial charge is 0.434 e. The molecule has 2 aliphatic heterocycles. The molecular weight excluding hydrogens is 318 g/mol. The van der Waals surface area contributed by atoms with E-state index in [0.717, 1.165) is 5.57 Å². The third kappa shape index (κ3) is 2.97. The molecule has 0 spiro atoms. The fraction of sp³-hybridized carbons (Fsp3) is 0.400. The van der Waals surface area contributed by atoms with Crippen molar-refractivity contribution < 1.29 is 23.6 Å². The summed E-state index contributed by atoms with van der Waals surface area (Å²) >= 11 is 1.57. The maximum absolute atomic E-state index is 12.4. The molecule has 0 saturated carbocycles. The van der Waals surface area contributed by atoms with Crippen molar-refractivity contribution in [3.8, 4) is 0 Å². The number of nitrogens with two attached hydrogens (primary N) is 1. The molecule has 1 saturated heterocycles. The van der Waals surface area contributed by atoms with Crippen molar-refractivity contribution in [2.45, 2.75) is 18.0 Å². The van der Waals surface area contributed by atoms with Crippen molar-refractivity contribution in [2.75, 3.05) is 19.7 Å². The molecule has 2 aliphatic rings. The Hall–Kier alpha value is -1.90. The van der Waals surface area contributed by atoms with Crippen LogP contribution in [0.2, 0.25) is 0 Å². The number of nitrogens with zero attached hydrogens (tertiary/aromatic N) is 2. The predicted octanol–water partition coefficient (Wildman–Crippen LogP) is -0.382. The molecule has 23 heavy (non-hydrogen) atoms. The minimum absolute atomic E-state index is 0.153. The van der Waals surface area contributed by atoms with Crippen LogP contribution in [0.5, 0.6) is 0 Å². The molecule has 0 radical (unpaired) electrons. The summed E-state index contributed by atoms with van der Waals surface area (Å²) in [6.07, 6.45) is 3.82. The van der Waals surface area contributed by atoms with Gasteiger partial charge >= 0.3 is 5.97 Å².